The molecule has 23 heavy (non-hydrogen) atoms. The van der Waals surface area contributed by atoms with Gasteiger partial charge >= 0.3 is 0 Å². The van der Waals surface area contributed by atoms with Crippen LogP contribution in [0.5, 0.6) is 0 Å². The molecular formula is C20H20N2O. The van der Waals surface area contributed by atoms with Crippen molar-refractivity contribution in [2.75, 3.05) is 0 Å². The SMILES string of the molecule is N#Cc1ccc2[nH]c(C(=O)C34CC5CC(CC(C5)C3)C4)cc2c1. The number of carbonyl (C=O) groups excluding carboxylic acids is 1. The van der Waals surface area contributed by atoms with Crippen molar-refractivity contribution in [1.82, 2.24) is 4.98 Å². The van der Waals surface area contributed by atoms with Crippen LogP contribution in [0.1, 0.15) is 54.6 Å². The van der Waals surface area contributed by atoms with Crippen LogP contribution in [-0.4, -0.2) is 10.8 Å². The minimum Gasteiger partial charge on any atom is -0.352 e. The molecule has 0 aliphatic heterocycles. The maximum absolute atomic E-state index is 13.3. The first-order valence-corrected chi connectivity index (χ1v) is 8.73. The highest BCUT2D eigenvalue weighted by atomic mass is 16.1. The van der Waals surface area contributed by atoms with E-state index < -0.39 is 0 Å². The van der Waals surface area contributed by atoms with Gasteiger partial charge in [0.1, 0.15) is 0 Å². The summed E-state index contributed by atoms with van der Waals surface area (Å²) in [6, 6.07) is 9.70. The molecule has 0 atom stereocenters. The lowest BCUT2D eigenvalue weighted by atomic mass is 9.48. The zero-order chi connectivity index (χ0) is 15.6. The normalized spacial score (nSPS) is 34.7. The lowest BCUT2D eigenvalue weighted by molar-refractivity contribution is -0.0355. The number of Topliss-reactive ketones (excluding diaryl/α,β-unsaturated/α-hetero) is 1. The minimum absolute atomic E-state index is 0.103. The molecule has 116 valence electrons. The quantitative estimate of drug-likeness (QED) is 0.834. The van der Waals surface area contributed by atoms with Crippen LogP contribution in [0.25, 0.3) is 10.9 Å². The highest BCUT2D eigenvalue weighted by Crippen LogP contribution is 2.60. The van der Waals surface area contributed by atoms with E-state index in [9.17, 15) is 4.79 Å². The molecule has 0 saturated heterocycles. The molecule has 4 saturated carbocycles. The molecule has 3 nitrogen and oxygen atoms in total. The van der Waals surface area contributed by atoms with Crippen LogP contribution in [-0.2, 0) is 0 Å². The maximum atomic E-state index is 13.3. The smallest absolute Gasteiger partial charge is 0.185 e. The number of fused-ring (bicyclic) bond motifs is 1. The van der Waals surface area contributed by atoms with Crippen molar-refractivity contribution in [2.24, 2.45) is 23.2 Å². The average Bonchev–Trinajstić information content (AvgIpc) is 2.95. The van der Waals surface area contributed by atoms with Crippen molar-refractivity contribution in [2.45, 2.75) is 38.5 Å². The third-order valence-electron chi connectivity index (χ3n) is 6.51. The van der Waals surface area contributed by atoms with Crippen molar-refractivity contribution in [3.8, 4) is 6.07 Å². The zero-order valence-corrected chi connectivity index (χ0v) is 13.1. The topological polar surface area (TPSA) is 56.6 Å². The highest BCUT2D eigenvalue weighted by molar-refractivity contribution is 6.03. The molecular weight excluding hydrogens is 284 g/mol. The van der Waals surface area contributed by atoms with Gasteiger partial charge in [0.25, 0.3) is 0 Å². The summed E-state index contributed by atoms with van der Waals surface area (Å²) in [6.45, 7) is 0. The number of hydrogen-bond acceptors (Lipinski definition) is 2. The Bertz CT molecular complexity index is 819. The molecule has 1 heterocycles. The summed E-state index contributed by atoms with van der Waals surface area (Å²) in [5.74, 6) is 2.66. The third kappa shape index (κ3) is 1.91. The summed E-state index contributed by atoms with van der Waals surface area (Å²) in [5, 5.41) is 10.0. The zero-order valence-electron chi connectivity index (χ0n) is 13.1. The number of nitrogens with one attached hydrogen (secondary N) is 1. The van der Waals surface area contributed by atoms with Crippen LogP contribution in [0.2, 0.25) is 0 Å². The number of benzene rings is 1. The summed E-state index contributed by atoms with van der Waals surface area (Å²) >= 11 is 0. The number of aromatic amines is 1. The van der Waals surface area contributed by atoms with Gasteiger partial charge in [0.15, 0.2) is 5.78 Å². The molecule has 6 rings (SSSR count). The number of carbonyl (C=O) groups is 1. The Kier molecular flexibility index (Phi) is 2.60. The molecule has 2 aromatic rings. The van der Waals surface area contributed by atoms with Crippen molar-refractivity contribution in [1.29, 1.82) is 5.26 Å². The predicted octanol–water partition coefficient (Wildman–Crippen LogP) is 4.44. The number of rotatable bonds is 2. The van der Waals surface area contributed by atoms with Crippen molar-refractivity contribution in [3.63, 3.8) is 0 Å². The summed E-state index contributed by atoms with van der Waals surface area (Å²) < 4.78 is 0. The van der Waals surface area contributed by atoms with Crippen molar-refractivity contribution >= 4 is 16.7 Å². The molecule has 3 heteroatoms. The number of nitriles is 1. The second-order valence-corrected chi connectivity index (χ2v) is 8.12. The van der Waals surface area contributed by atoms with Gasteiger partial charge in [0, 0.05) is 16.3 Å². The standard InChI is InChI=1S/C20H20N2O/c21-11-12-1-2-17-16(6-12)7-18(22-17)19(23)20-8-13-3-14(9-20)5-15(4-13)10-20/h1-2,6-7,13-15,22H,3-5,8-10H2. The van der Waals surface area contributed by atoms with Crippen LogP contribution >= 0.6 is 0 Å². The summed E-state index contributed by atoms with van der Waals surface area (Å²) in [4.78, 5) is 16.6. The molecule has 1 aromatic heterocycles. The van der Waals surface area contributed by atoms with E-state index in [1.807, 2.05) is 18.2 Å². The number of hydrogen-bond donors (Lipinski definition) is 1. The van der Waals surface area contributed by atoms with Crippen LogP contribution in [0.3, 0.4) is 0 Å². The van der Waals surface area contributed by atoms with Gasteiger partial charge in [0.2, 0.25) is 0 Å². The lowest BCUT2D eigenvalue weighted by Gasteiger charge is -2.55. The summed E-state index contributed by atoms with van der Waals surface area (Å²) in [6.07, 6.45) is 7.34. The minimum atomic E-state index is -0.103. The molecule has 0 spiro atoms. The van der Waals surface area contributed by atoms with Crippen LogP contribution < -0.4 is 0 Å². The van der Waals surface area contributed by atoms with E-state index in [4.69, 9.17) is 5.26 Å². The molecule has 1 aromatic carbocycles. The molecule has 0 radical (unpaired) electrons. The van der Waals surface area contributed by atoms with E-state index in [0.29, 0.717) is 11.3 Å². The Balaban J connectivity index is 1.54. The molecule has 1 N–H and O–H groups in total. The molecule has 4 bridgehead atoms. The first-order chi connectivity index (χ1) is 11.1. The van der Waals surface area contributed by atoms with E-state index in [1.54, 1.807) is 6.07 Å². The largest absolute Gasteiger partial charge is 0.352 e. The number of ketones is 1. The number of aromatic nitrogens is 1. The van der Waals surface area contributed by atoms with Crippen molar-refractivity contribution < 1.29 is 4.79 Å². The fourth-order valence-electron chi connectivity index (χ4n) is 6.00. The Labute approximate surface area is 135 Å². The van der Waals surface area contributed by atoms with Gasteiger partial charge in [-0.25, -0.2) is 0 Å². The first kappa shape index (κ1) is 13.4. The van der Waals surface area contributed by atoms with Crippen molar-refractivity contribution in [3.05, 3.63) is 35.5 Å². The Morgan fingerprint density at radius 3 is 2.35 bits per heavy atom. The summed E-state index contributed by atoms with van der Waals surface area (Å²) in [7, 11) is 0. The van der Waals surface area contributed by atoms with Gasteiger partial charge in [0.05, 0.1) is 17.3 Å². The van der Waals surface area contributed by atoms with E-state index in [1.165, 1.54) is 19.3 Å². The summed E-state index contributed by atoms with van der Waals surface area (Å²) in [5.41, 5.74) is 2.24. The van der Waals surface area contributed by atoms with E-state index in [0.717, 1.165) is 53.6 Å². The second kappa shape index (κ2) is 4.47. The lowest BCUT2D eigenvalue weighted by Crippen LogP contribution is -2.50. The predicted molar refractivity (Wildman–Crippen MR) is 87.9 cm³/mol. The first-order valence-electron chi connectivity index (χ1n) is 8.73. The number of nitrogens with zero attached hydrogens (tertiary/aromatic N) is 1. The van der Waals surface area contributed by atoms with Crippen LogP contribution in [0, 0.1) is 34.5 Å². The second-order valence-electron chi connectivity index (χ2n) is 8.12. The van der Waals surface area contributed by atoms with Crippen LogP contribution in [0.4, 0.5) is 0 Å². The fourth-order valence-corrected chi connectivity index (χ4v) is 6.00. The van der Waals surface area contributed by atoms with Gasteiger partial charge in [-0.15, -0.1) is 0 Å². The van der Waals surface area contributed by atoms with Crippen LogP contribution in [0.15, 0.2) is 24.3 Å². The van der Waals surface area contributed by atoms with Gasteiger partial charge in [-0.3, -0.25) is 4.79 Å². The Morgan fingerprint density at radius 2 is 1.74 bits per heavy atom. The van der Waals surface area contributed by atoms with Gasteiger partial charge < -0.3 is 4.98 Å². The number of H-pyrrole nitrogens is 1. The van der Waals surface area contributed by atoms with E-state index in [-0.39, 0.29) is 5.41 Å². The Morgan fingerprint density at radius 1 is 1.09 bits per heavy atom. The monoisotopic (exact) mass is 304 g/mol. The molecule has 0 amide bonds. The van der Waals surface area contributed by atoms with E-state index >= 15 is 0 Å². The molecule has 4 aliphatic rings. The highest BCUT2D eigenvalue weighted by Gasteiger charge is 2.54. The molecule has 0 unspecified atom stereocenters. The van der Waals surface area contributed by atoms with Gasteiger partial charge in [-0.1, -0.05) is 0 Å². The average molecular weight is 304 g/mol. The fraction of sp³-hybridized carbons (Fsp3) is 0.500. The van der Waals surface area contributed by atoms with Gasteiger partial charge in [-0.2, -0.15) is 5.26 Å². The maximum Gasteiger partial charge on any atom is 0.185 e. The third-order valence-corrected chi connectivity index (χ3v) is 6.51. The molecule has 4 fully saturated rings. The Hall–Kier alpha value is -2.08. The van der Waals surface area contributed by atoms with E-state index in [2.05, 4.69) is 11.1 Å². The molecule has 4 aliphatic carbocycles. The van der Waals surface area contributed by atoms with Gasteiger partial charge in [-0.05, 0) is 80.5 Å².